The molecule has 0 aliphatic carbocycles. The molecule has 1 N–H and O–H groups in total. The van der Waals surface area contributed by atoms with E-state index in [0.717, 1.165) is 0 Å². The molecule has 0 fully saturated rings. The molecule has 0 atom stereocenters. The third kappa shape index (κ3) is 3.88. The summed E-state index contributed by atoms with van der Waals surface area (Å²) in [7, 11) is 0. The summed E-state index contributed by atoms with van der Waals surface area (Å²) in [4.78, 5) is 20.8. The third-order valence-electron chi connectivity index (χ3n) is 3.83. The highest BCUT2D eigenvalue weighted by Crippen LogP contribution is 2.29. The fourth-order valence-electron chi connectivity index (χ4n) is 2.64. The molecule has 8 heteroatoms. The van der Waals surface area contributed by atoms with Crippen LogP contribution >= 0.6 is 11.6 Å². The highest BCUT2D eigenvalue weighted by molar-refractivity contribution is 6.66. The number of carbonyl (C=O) groups is 1. The Bertz CT molecular complexity index is 986. The van der Waals surface area contributed by atoms with E-state index in [2.05, 4.69) is 15.1 Å². The summed E-state index contributed by atoms with van der Waals surface area (Å²) >= 11 is 6.11. The molecule has 0 radical (unpaired) electrons. The van der Waals surface area contributed by atoms with Crippen LogP contribution in [0.4, 0.5) is 10.1 Å². The fourth-order valence-corrected chi connectivity index (χ4v) is 2.81. The van der Waals surface area contributed by atoms with Gasteiger partial charge in [0.05, 0.1) is 30.3 Å². The Kier molecular flexibility index (Phi) is 5.61. The van der Waals surface area contributed by atoms with E-state index in [0.29, 0.717) is 22.0 Å². The highest BCUT2D eigenvalue weighted by Gasteiger charge is 2.25. The van der Waals surface area contributed by atoms with Gasteiger partial charge in [-0.05, 0) is 37.3 Å². The van der Waals surface area contributed by atoms with Crippen LogP contribution in [0, 0.1) is 5.82 Å². The average molecular weight is 388 g/mol. The monoisotopic (exact) mass is 387 g/mol. The SMILES string of the molecule is CCOC(=O)C(=NO)C1=Nc2ccc(Cl)cc2C(c2ccccc2F)=NC1. The van der Waals surface area contributed by atoms with E-state index < -0.39 is 11.8 Å². The van der Waals surface area contributed by atoms with Crippen LogP contribution < -0.4 is 0 Å². The summed E-state index contributed by atoms with van der Waals surface area (Å²) < 4.78 is 19.2. The summed E-state index contributed by atoms with van der Waals surface area (Å²) in [6.45, 7) is 1.64. The zero-order chi connectivity index (χ0) is 19.4. The van der Waals surface area contributed by atoms with Crippen molar-refractivity contribution in [1.82, 2.24) is 0 Å². The topological polar surface area (TPSA) is 83.6 Å². The number of ether oxygens (including phenoxy) is 1. The molecule has 0 bridgehead atoms. The number of hydrogen-bond donors (Lipinski definition) is 1. The molecule has 0 aromatic heterocycles. The number of halogens is 2. The number of fused-ring (bicyclic) bond motifs is 1. The lowest BCUT2D eigenvalue weighted by molar-refractivity contribution is -0.134. The van der Waals surface area contributed by atoms with Crippen molar-refractivity contribution in [2.45, 2.75) is 6.92 Å². The van der Waals surface area contributed by atoms with Gasteiger partial charge in [0.15, 0.2) is 0 Å². The molecule has 0 amide bonds. The Morgan fingerprint density at radius 1 is 1.30 bits per heavy atom. The molecule has 0 saturated heterocycles. The molecule has 6 nitrogen and oxygen atoms in total. The largest absolute Gasteiger partial charge is 0.461 e. The second-order valence-corrected chi connectivity index (χ2v) is 5.97. The smallest absolute Gasteiger partial charge is 0.362 e. The summed E-state index contributed by atoms with van der Waals surface area (Å²) in [6.07, 6.45) is 0. The van der Waals surface area contributed by atoms with Crippen LogP contribution in [0.5, 0.6) is 0 Å². The normalized spacial score (nSPS) is 14.0. The summed E-state index contributed by atoms with van der Waals surface area (Å²) in [6, 6.07) is 11.1. The van der Waals surface area contributed by atoms with Crippen molar-refractivity contribution < 1.29 is 19.1 Å². The maximum Gasteiger partial charge on any atom is 0.362 e. The molecule has 0 unspecified atom stereocenters. The van der Waals surface area contributed by atoms with E-state index in [1.165, 1.54) is 6.07 Å². The Hall–Kier alpha value is -3.06. The molecule has 2 aromatic rings. The molecule has 2 aromatic carbocycles. The second kappa shape index (κ2) is 8.09. The molecule has 27 heavy (non-hydrogen) atoms. The summed E-state index contributed by atoms with van der Waals surface area (Å²) in [5.41, 5.74) is 1.28. The minimum atomic E-state index is -0.821. The zero-order valence-corrected chi connectivity index (χ0v) is 15.1. The highest BCUT2D eigenvalue weighted by atomic mass is 35.5. The molecular weight excluding hydrogens is 373 g/mol. The van der Waals surface area contributed by atoms with Gasteiger partial charge in [-0.2, -0.15) is 0 Å². The van der Waals surface area contributed by atoms with E-state index >= 15 is 0 Å². The van der Waals surface area contributed by atoms with Gasteiger partial charge in [-0.25, -0.2) is 14.2 Å². The van der Waals surface area contributed by atoms with Crippen molar-refractivity contribution in [3.63, 3.8) is 0 Å². The van der Waals surface area contributed by atoms with E-state index in [1.54, 1.807) is 43.3 Å². The zero-order valence-electron chi connectivity index (χ0n) is 14.3. The van der Waals surface area contributed by atoms with Gasteiger partial charge in [0.1, 0.15) is 5.82 Å². The Morgan fingerprint density at radius 3 is 2.78 bits per heavy atom. The molecule has 138 valence electrons. The van der Waals surface area contributed by atoms with Gasteiger partial charge >= 0.3 is 5.97 Å². The third-order valence-corrected chi connectivity index (χ3v) is 4.06. The number of esters is 1. The van der Waals surface area contributed by atoms with Crippen molar-refractivity contribution >= 4 is 40.4 Å². The van der Waals surface area contributed by atoms with Gasteiger partial charge in [-0.3, -0.25) is 4.99 Å². The predicted octanol–water partition coefficient (Wildman–Crippen LogP) is 3.80. The molecule has 3 rings (SSSR count). The van der Waals surface area contributed by atoms with Gasteiger partial charge in [0, 0.05) is 16.1 Å². The quantitative estimate of drug-likeness (QED) is 0.375. The van der Waals surface area contributed by atoms with Crippen LogP contribution in [0.25, 0.3) is 0 Å². The van der Waals surface area contributed by atoms with Gasteiger partial charge < -0.3 is 9.94 Å². The van der Waals surface area contributed by atoms with Crippen LogP contribution in [0.2, 0.25) is 5.02 Å². The number of rotatable bonds is 4. The minimum absolute atomic E-state index is 0.103. The maximum absolute atomic E-state index is 14.4. The number of nitrogens with zero attached hydrogens (tertiary/aromatic N) is 3. The van der Waals surface area contributed by atoms with E-state index in [1.807, 2.05) is 0 Å². The molecule has 0 saturated carbocycles. The Labute approximate surface area is 159 Å². The predicted molar refractivity (Wildman–Crippen MR) is 101 cm³/mol. The lowest BCUT2D eigenvalue weighted by Crippen LogP contribution is -2.28. The van der Waals surface area contributed by atoms with Gasteiger partial charge in [-0.15, -0.1) is 0 Å². The van der Waals surface area contributed by atoms with E-state index in [9.17, 15) is 14.4 Å². The standard InChI is InChI=1S/C19H15ClFN3O3/c1-2-27-19(25)18(24-26)16-10-22-17(12-5-3-4-6-14(12)21)13-9-11(20)7-8-15(13)23-16/h3-9,26H,2,10H2,1H3. The van der Waals surface area contributed by atoms with Crippen LogP contribution in [0.1, 0.15) is 18.1 Å². The van der Waals surface area contributed by atoms with Crippen molar-refractivity contribution in [2.75, 3.05) is 13.2 Å². The number of hydrogen-bond acceptors (Lipinski definition) is 6. The Balaban J connectivity index is 2.16. The van der Waals surface area contributed by atoms with E-state index in [4.69, 9.17) is 16.3 Å². The number of carbonyl (C=O) groups excluding carboxylic acids is 1. The van der Waals surface area contributed by atoms with Crippen molar-refractivity contribution in [3.05, 3.63) is 64.4 Å². The fraction of sp³-hybridized carbons (Fsp3) is 0.158. The van der Waals surface area contributed by atoms with Crippen LogP contribution in [-0.2, 0) is 9.53 Å². The number of oxime groups is 1. The van der Waals surface area contributed by atoms with Crippen molar-refractivity contribution in [3.8, 4) is 0 Å². The van der Waals surface area contributed by atoms with Gasteiger partial charge in [0.25, 0.3) is 0 Å². The van der Waals surface area contributed by atoms with Crippen LogP contribution in [-0.4, -0.2) is 41.5 Å². The average Bonchev–Trinajstić information content (AvgIpc) is 2.83. The molecule has 1 aliphatic heterocycles. The first-order valence-electron chi connectivity index (χ1n) is 8.11. The van der Waals surface area contributed by atoms with Gasteiger partial charge in [0.2, 0.25) is 5.71 Å². The summed E-state index contributed by atoms with van der Waals surface area (Å²) in [5.74, 6) is -1.27. The summed E-state index contributed by atoms with van der Waals surface area (Å²) in [5, 5.41) is 12.7. The lowest BCUT2D eigenvalue weighted by Gasteiger charge is -2.09. The molecule has 0 spiro atoms. The number of benzene rings is 2. The Morgan fingerprint density at radius 2 is 2.07 bits per heavy atom. The lowest BCUT2D eigenvalue weighted by atomic mass is 10.0. The van der Waals surface area contributed by atoms with E-state index in [-0.39, 0.29) is 30.1 Å². The molecular formula is C19H15ClFN3O3. The van der Waals surface area contributed by atoms with Crippen molar-refractivity contribution in [2.24, 2.45) is 15.1 Å². The van der Waals surface area contributed by atoms with Gasteiger partial charge in [-0.1, -0.05) is 28.9 Å². The maximum atomic E-state index is 14.4. The second-order valence-electron chi connectivity index (χ2n) is 5.53. The minimum Gasteiger partial charge on any atom is -0.461 e. The number of aliphatic imine (C=N–C) groups is 2. The first kappa shape index (κ1) is 18.7. The molecule has 1 aliphatic rings. The van der Waals surface area contributed by atoms with Crippen molar-refractivity contribution in [1.29, 1.82) is 0 Å². The first-order chi connectivity index (χ1) is 13.0. The first-order valence-corrected chi connectivity index (χ1v) is 8.49. The molecule has 1 heterocycles. The van der Waals surface area contributed by atoms with Crippen LogP contribution in [0.15, 0.2) is 57.6 Å². The van der Waals surface area contributed by atoms with Crippen LogP contribution in [0.3, 0.4) is 0 Å².